The van der Waals surface area contributed by atoms with Crippen molar-refractivity contribution in [2.45, 2.75) is 56.7 Å². The van der Waals surface area contributed by atoms with Crippen LogP contribution in [0, 0.1) is 0 Å². The zero-order valence-corrected chi connectivity index (χ0v) is 10.5. The summed E-state index contributed by atoms with van der Waals surface area (Å²) in [6.45, 7) is 7.02. The van der Waals surface area contributed by atoms with Crippen LogP contribution in [0.3, 0.4) is 0 Å². The van der Waals surface area contributed by atoms with E-state index in [1.165, 1.54) is 51.7 Å². The number of hydrogen-bond acceptors (Lipinski definition) is 3. The Hall–Kier alpha value is -0.120. The monoisotopic (exact) mass is 223 g/mol. The molecule has 2 N–H and O–H groups in total. The number of hydrogen-bond donors (Lipinski definition) is 1. The maximum absolute atomic E-state index is 6.13. The van der Waals surface area contributed by atoms with E-state index in [2.05, 4.69) is 16.7 Å². The maximum atomic E-state index is 6.13. The molecule has 3 fully saturated rings. The SMILES string of the molecule is CC1CCCN1C1(CN)CCN(C2CC2)C1. The summed E-state index contributed by atoms with van der Waals surface area (Å²) in [6, 6.07) is 1.66. The van der Waals surface area contributed by atoms with Crippen LogP contribution in [0.5, 0.6) is 0 Å². The van der Waals surface area contributed by atoms with Gasteiger partial charge >= 0.3 is 0 Å². The standard InChI is InChI=1S/C13H25N3/c1-11-3-2-7-16(11)13(9-14)6-8-15(10-13)12-4-5-12/h11-12H,2-10,14H2,1H3. The van der Waals surface area contributed by atoms with Crippen LogP contribution in [0.15, 0.2) is 0 Å². The molecule has 16 heavy (non-hydrogen) atoms. The lowest BCUT2D eigenvalue weighted by Crippen LogP contribution is -2.56. The Balaban J connectivity index is 1.73. The van der Waals surface area contributed by atoms with Gasteiger partial charge in [0.1, 0.15) is 0 Å². The van der Waals surface area contributed by atoms with E-state index in [0.29, 0.717) is 5.54 Å². The van der Waals surface area contributed by atoms with Crippen LogP contribution >= 0.6 is 0 Å². The first-order valence-corrected chi connectivity index (χ1v) is 6.96. The Morgan fingerprint density at radius 2 is 2.06 bits per heavy atom. The molecule has 0 aromatic heterocycles. The molecule has 2 aliphatic heterocycles. The Labute approximate surface area is 99.0 Å². The van der Waals surface area contributed by atoms with Crippen molar-refractivity contribution < 1.29 is 0 Å². The van der Waals surface area contributed by atoms with E-state index in [0.717, 1.165) is 18.6 Å². The molecule has 0 spiro atoms. The van der Waals surface area contributed by atoms with Crippen molar-refractivity contribution in [3.05, 3.63) is 0 Å². The van der Waals surface area contributed by atoms with Crippen molar-refractivity contribution in [1.82, 2.24) is 9.80 Å². The average Bonchev–Trinajstić information content (AvgIpc) is 2.90. The lowest BCUT2D eigenvalue weighted by atomic mass is 9.95. The van der Waals surface area contributed by atoms with Crippen LogP contribution in [0.2, 0.25) is 0 Å². The molecule has 3 heteroatoms. The minimum absolute atomic E-state index is 0.318. The van der Waals surface area contributed by atoms with E-state index in [1.54, 1.807) is 0 Å². The van der Waals surface area contributed by atoms with Crippen molar-refractivity contribution in [2.24, 2.45) is 5.73 Å². The van der Waals surface area contributed by atoms with Crippen LogP contribution in [0.1, 0.15) is 39.0 Å². The molecule has 3 aliphatic rings. The third kappa shape index (κ3) is 1.69. The van der Waals surface area contributed by atoms with E-state index >= 15 is 0 Å². The summed E-state index contributed by atoms with van der Waals surface area (Å²) < 4.78 is 0. The highest BCUT2D eigenvalue weighted by atomic mass is 15.3. The summed E-state index contributed by atoms with van der Waals surface area (Å²) in [5.41, 5.74) is 6.44. The zero-order valence-electron chi connectivity index (χ0n) is 10.5. The van der Waals surface area contributed by atoms with Gasteiger partial charge in [0.25, 0.3) is 0 Å². The molecule has 2 saturated heterocycles. The molecular formula is C13H25N3. The van der Waals surface area contributed by atoms with Crippen molar-refractivity contribution in [2.75, 3.05) is 26.2 Å². The molecule has 0 aromatic carbocycles. The lowest BCUT2D eigenvalue weighted by Gasteiger charge is -2.41. The van der Waals surface area contributed by atoms with Gasteiger partial charge in [-0.1, -0.05) is 0 Å². The summed E-state index contributed by atoms with van der Waals surface area (Å²) in [5, 5.41) is 0. The fourth-order valence-corrected chi connectivity index (χ4v) is 3.80. The smallest absolute Gasteiger partial charge is 0.0473 e. The predicted octanol–water partition coefficient (Wildman–Crippen LogP) is 1.04. The second-order valence-electron chi connectivity index (χ2n) is 6.06. The summed E-state index contributed by atoms with van der Waals surface area (Å²) in [4.78, 5) is 5.41. The molecule has 0 radical (unpaired) electrons. The minimum Gasteiger partial charge on any atom is -0.329 e. The van der Waals surface area contributed by atoms with E-state index < -0.39 is 0 Å². The summed E-state index contributed by atoms with van der Waals surface area (Å²) in [6.07, 6.45) is 6.88. The minimum atomic E-state index is 0.318. The molecule has 92 valence electrons. The number of nitrogens with zero attached hydrogens (tertiary/aromatic N) is 2. The third-order valence-electron chi connectivity index (χ3n) is 4.97. The predicted molar refractivity (Wildman–Crippen MR) is 66.4 cm³/mol. The van der Waals surface area contributed by atoms with Crippen molar-refractivity contribution in [3.8, 4) is 0 Å². The number of likely N-dealkylation sites (tertiary alicyclic amines) is 2. The van der Waals surface area contributed by atoms with Gasteiger partial charge in [-0.3, -0.25) is 9.80 Å². The fraction of sp³-hybridized carbons (Fsp3) is 1.00. The Bertz CT molecular complexity index is 264. The van der Waals surface area contributed by atoms with Gasteiger partial charge in [0.05, 0.1) is 0 Å². The van der Waals surface area contributed by atoms with Crippen LogP contribution in [0.25, 0.3) is 0 Å². The molecule has 3 rings (SSSR count). The summed E-state index contributed by atoms with van der Waals surface area (Å²) in [5.74, 6) is 0. The molecule has 2 unspecified atom stereocenters. The first kappa shape index (κ1) is 11.0. The molecule has 0 aromatic rings. The van der Waals surface area contributed by atoms with Crippen LogP contribution in [-0.4, -0.2) is 53.6 Å². The lowest BCUT2D eigenvalue weighted by molar-refractivity contribution is 0.0913. The van der Waals surface area contributed by atoms with Crippen molar-refractivity contribution in [1.29, 1.82) is 0 Å². The van der Waals surface area contributed by atoms with Gasteiger partial charge < -0.3 is 5.73 Å². The maximum Gasteiger partial charge on any atom is 0.0473 e. The van der Waals surface area contributed by atoms with Gasteiger partial charge in [-0.15, -0.1) is 0 Å². The van der Waals surface area contributed by atoms with E-state index in [1.807, 2.05) is 0 Å². The van der Waals surface area contributed by atoms with E-state index in [9.17, 15) is 0 Å². The van der Waals surface area contributed by atoms with Crippen LogP contribution < -0.4 is 5.73 Å². The van der Waals surface area contributed by atoms with Gasteiger partial charge in [0, 0.05) is 37.3 Å². The van der Waals surface area contributed by atoms with E-state index in [-0.39, 0.29) is 0 Å². The normalized spacial score (nSPS) is 42.0. The highest BCUT2D eigenvalue weighted by molar-refractivity contribution is 5.05. The van der Waals surface area contributed by atoms with Gasteiger partial charge in [0.2, 0.25) is 0 Å². The molecule has 0 bridgehead atoms. The second kappa shape index (κ2) is 3.97. The quantitative estimate of drug-likeness (QED) is 0.776. The van der Waals surface area contributed by atoms with Gasteiger partial charge in [-0.2, -0.15) is 0 Å². The second-order valence-corrected chi connectivity index (χ2v) is 6.06. The Morgan fingerprint density at radius 3 is 2.62 bits per heavy atom. The fourth-order valence-electron chi connectivity index (χ4n) is 3.80. The largest absolute Gasteiger partial charge is 0.329 e. The first-order chi connectivity index (χ1) is 7.75. The molecule has 2 heterocycles. The van der Waals surface area contributed by atoms with Crippen LogP contribution in [-0.2, 0) is 0 Å². The molecule has 3 nitrogen and oxygen atoms in total. The van der Waals surface area contributed by atoms with Gasteiger partial charge in [0.15, 0.2) is 0 Å². The van der Waals surface area contributed by atoms with Gasteiger partial charge in [-0.25, -0.2) is 0 Å². The highest BCUT2D eigenvalue weighted by Crippen LogP contribution is 2.38. The van der Waals surface area contributed by atoms with Crippen LogP contribution in [0.4, 0.5) is 0 Å². The summed E-state index contributed by atoms with van der Waals surface area (Å²) in [7, 11) is 0. The Morgan fingerprint density at radius 1 is 1.25 bits per heavy atom. The molecule has 0 amide bonds. The van der Waals surface area contributed by atoms with Crippen molar-refractivity contribution in [3.63, 3.8) is 0 Å². The number of nitrogens with two attached hydrogens (primary N) is 1. The highest BCUT2D eigenvalue weighted by Gasteiger charge is 2.47. The van der Waals surface area contributed by atoms with Gasteiger partial charge in [-0.05, 0) is 45.6 Å². The average molecular weight is 223 g/mol. The Kier molecular flexibility index (Phi) is 2.73. The third-order valence-corrected chi connectivity index (χ3v) is 4.97. The molecular weight excluding hydrogens is 198 g/mol. The first-order valence-electron chi connectivity index (χ1n) is 6.96. The summed E-state index contributed by atoms with van der Waals surface area (Å²) >= 11 is 0. The van der Waals surface area contributed by atoms with E-state index in [4.69, 9.17) is 5.73 Å². The molecule has 1 saturated carbocycles. The molecule has 2 atom stereocenters. The molecule has 1 aliphatic carbocycles. The topological polar surface area (TPSA) is 32.5 Å². The zero-order chi connectivity index (χ0) is 11.2. The van der Waals surface area contributed by atoms with Crippen molar-refractivity contribution >= 4 is 0 Å². The number of rotatable bonds is 3.